The molecule has 1 fully saturated rings. The molecule has 6 nitrogen and oxygen atoms in total. The molecule has 3 rings (SSSR count). The van der Waals surface area contributed by atoms with Crippen molar-refractivity contribution < 1.29 is 19.8 Å². The molecule has 3 N–H and O–H groups in total. The molecule has 6 heteroatoms. The maximum atomic E-state index is 12.8. The lowest BCUT2D eigenvalue weighted by molar-refractivity contribution is -0.153. The molecular formula is C24H32N2O4. The van der Waals surface area contributed by atoms with E-state index in [-0.39, 0.29) is 12.0 Å². The smallest absolute Gasteiger partial charge is 0.326 e. The van der Waals surface area contributed by atoms with Crippen molar-refractivity contribution in [3.63, 3.8) is 0 Å². The van der Waals surface area contributed by atoms with Crippen molar-refractivity contribution in [1.82, 2.24) is 9.88 Å². The Morgan fingerprint density at radius 2 is 1.90 bits per heavy atom. The standard InChI is InChI=1S/C20H20N2O4.2C2H6/c1-3-7-15-13(4-2)18(23)22(19(15)24)17(20(25)26)10-12-11-21-16-9-6-5-8-14(12)16;2*1-2/h3-9,11,17-18,21,23H,1,10H2,2H3,(H,25,26);2*1-2H3/b13-4+,15-7+;;/t17-,18?;;/m0../s1. The molecule has 1 unspecified atom stereocenters. The van der Waals surface area contributed by atoms with E-state index in [9.17, 15) is 19.8 Å². The first-order valence-corrected chi connectivity index (χ1v) is 10.3. The van der Waals surface area contributed by atoms with Crippen LogP contribution in [-0.2, 0) is 16.0 Å². The van der Waals surface area contributed by atoms with Crippen LogP contribution in [-0.4, -0.2) is 44.2 Å². The van der Waals surface area contributed by atoms with Crippen LogP contribution in [0.1, 0.15) is 40.2 Å². The Balaban J connectivity index is 0.00000106. The highest BCUT2D eigenvalue weighted by atomic mass is 16.4. The summed E-state index contributed by atoms with van der Waals surface area (Å²) in [6, 6.07) is 6.35. The number of aliphatic carboxylic acids is 1. The van der Waals surface area contributed by atoms with Gasteiger partial charge in [0.2, 0.25) is 0 Å². The summed E-state index contributed by atoms with van der Waals surface area (Å²) in [4.78, 5) is 28.8. The molecule has 1 amide bonds. The molecule has 1 saturated heterocycles. The fourth-order valence-electron chi connectivity index (χ4n) is 3.38. The SMILES string of the molecule is C=C/C=C1/C(=O)N([C@@H](Cc2c[nH]c3ccccc23)C(=O)O)C(O)/C1=C/C.CC.CC. The molecule has 0 saturated carbocycles. The number of rotatable bonds is 5. The number of benzene rings is 1. The number of carbonyl (C=O) groups excluding carboxylic acids is 1. The van der Waals surface area contributed by atoms with Crippen LogP contribution in [0.2, 0.25) is 0 Å². The quantitative estimate of drug-likeness (QED) is 0.633. The number of fused-ring (bicyclic) bond motifs is 1. The lowest BCUT2D eigenvalue weighted by Crippen LogP contribution is -2.48. The molecule has 2 heterocycles. The zero-order valence-electron chi connectivity index (χ0n) is 18.3. The second-order valence-electron chi connectivity index (χ2n) is 6.06. The molecule has 1 aliphatic heterocycles. The van der Waals surface area contributed by atoms with E-state index in [0.717, 1.165) is 21.4 Å². The predicted molar refractivity (Wildman–Crippen MR) is 121 cm³/mol. The number of aromatic nitrogens is 1. The second kappa shape index (κ2) is 11.8. The Morgan fingerprint density at radius 1 is 1.27 bits per heavy atom. The van der Waals surface area contributed by atoms with Gasteiger partial charge in [0, 0.05) is 34.7 Å². The number of allylic oxidation sites excluding steroid dienone is 3. The van der Waals surface area contributed by atoms with Crippen LogP contribution >= 0.6 is 0 Å². The average molecular weight is 413 g/mol. The van der Waals surface area contributed by atoms with E-state index in [1.54, 1.807) is 19.2 Å². The summed E-state index contributed by atoms with van der Waals surface area (Å²) in [6.45, 7) is 13.3. The van der Waals surface area contributed by atoms with E-state index < -0.39 is 24.1 Å². The number of carbonyl (C=O) groups is 2. The third kappa shape index (κ3) is 4.89. The number of nitrogens with zero attached hydrogens (tertiary/aromatic N) is 1. The van der Waals surface area contributed by atoms with Crippen molar-refractivity contribution in [1.29, 1.82) is 0 Å². The van der Waals surface area contributed by atoms with Gasteiger partial charge in [0.1, 0.15) is 6.04 Å². The maximum Gasteiger partial charge on any atom is 0.326 e. The van der Waals surface area contributed by atoms with Crippen molar-refractivity contribution in [3.8, 4) is 0 Å². The van der Waals surface area contributed by atoms with Gasteiger partial charge in [0.05, 0.1) is 0 Å². The van der Waals surface area contributed by atoms with Gasteiger partial charge in [-0.25, -0.2) is 4.79 Å². The zero-order valence-corrected chi connectivity index (χ0v) is 18.3. The van der Waals surface area contributed by atoms with E-state index in [0.29, 0.717) is 5.57 Å². The van der Waals surface area contributed by atoms with Crippen LogP contribution < -0.4 is 0 Å². The third-order valence-corrected chi connectivity index (χ3v) is 4.62. The van der Waals surface area contributed by atoms with Crippen molar-refractivity contribution >= 4 is 22.8 Å². The minimum Gasteiger partial charge on any atom is -0.480 e. The second-order valence-corrected chi connectivity index (χ2v) is 6.06. The van der Waals surface area contributed by atoms with Crippen LogP contribution in [0.25, 0.3) is 10.9 Å². The van der Waals surface area contributed by atoms with E-state index in [2.05, 4.69) is 11.6 Å². The topological polar surface area (TPSA) is 93.6 Å². The lowest BCUT2D eigenvalue weighted by Gasteiger charge is -2.27. The Labute approximate surface area is 178 Å². The van der Waals surface area contributed by atoms with Crippen molar-refractivity contribution in [3.05, 3.63) is 72.0 Å². The molecule has 1 aromatic carbocycles. The van der Waals surface area contributed by atoms with Crippen molar-refractivity contribution in [2.45, 2.75) is 53.3 Å². The van der Waals surface area contributed by atoms with Gasteiger partial charge in [-0.15, -0.1) is 0 Å². The number of hydrogen-bond donors (Lipinski definition) is 3. The highest BCUT2D eigenvalue weighted by Crippen LogP contribution is 2.32. The van der Waals surface area contributed by atoms with Gasteiger partial charge in [0.15, 0.2) is 6.23 Å². The summed E-state index contributed by atoms with van der Waals surface area (Å²) < 4.78 is 0. The number of aliphatic hydroxyl groups excluding tert-OH is 1. The van der Waals surface area contributed by atoms with E-state index >= 15 is 0 Å². The Hall–Kier alpha value is -3.12. The minimum absolute atomic E-state index is 0.0838. The van der Waals surface area contributed by atoms with E-state index in [1.807, 2.05) is 52.0 Å². The lowest BCUT2D eigenvalue weighted by atomic mass is 10.0. The Bertz CT molecular complexity index is 940. The van der Waals surface area contributed by atoms with Crippen LogP contribution in [0.3, 0.4) is 0 Å². The number of aromatic amines is 1. The summed E-state index contributed by atoms with van der Waals surface area (Å²) in [6.07, 6.45) is 5.08. The number of nitrogens with one attached hydrogen (secondary N) is 1. The molecule has 2 atom stereocenters. The number of H-pyrrole nitrogens is 1. The molecule has 0 aliphatic carbocycles. The van der Waals surface area contributed by atoms with Gasteiger partial charge in [-0.05, 0) is 24.6 Å². The van der Waals surface area contributed by atoms with Crippen molar-refractivity contribution in [2.75, 3.05) is 0 Å². The first-order valence-electron chi connectivity index (χ1n) is 10.3. The zero-order chi connectivity index (χ0) is 22.8. The first kappa shape index (κ1) is 24.9. The highest BCUT2D eigenvalue weighted by Gasteiger charge is 2.44. The summed E-state index contributed by atoms with van der Waals surface area (Å²) in [5, 5.41) is 21.2. The number of amides is 1. The van der Waals surface area contributed by atoms with Gasteiger partial charge in [-0.2, -0.15) is 0 Å². The average Bonchev–Trinajstić information content (AvgIpc) is 3.28. The third-order valence-electron chi connectivity index (χ3n) is 4.62. The fraction of sp³-hybridized carbons (Fsp3) is 0.333. The molecule has 30 heavy (non-hydrogen) atoms. The maximum absolute atomic E-state index is 12.8. The van der Waals surface area contributed by atoms with Crippen LogP contribution in [0.5, 0.6) is 0 Å². The molecule has 1 aliphatic rings. The predicted octanol–water partition coefficient (Wildman–Crippen LogP) is 4.44. The molecule has 0 bridgehead atoms. The van der Waals surface area contributed by atoms with Crippen LogP contribution in [0.15, 0.2) is 66.4 Å². The molecule has 162 valence electrons. The van der Waals surface area contributed by atoms with Gasteiger partial charge in [0.25, 0.3) is 5.91 Å². The van der Waals surface area contributed by atoms with E-state index in [1.165, 1.54) is 12.2 Å². The Morgan fingerprint density at radius 3 is 2.47 bits per heavy atom. The number of aliphatic hydroxyl groups is 1. The normalized spacial score (nSPS) is 19.2. The largest absolute Gasteiger partial charge is 0.480 e. The molecule has 0 radical (unpaired) electrons. The molecule has 2 aromatic rings. The van der Waals surface area contributed by atoms with Gasteiger partial charge in [-0.1, -0.05) is 64.6 Å². The number of hydrogen-bond acceptors (Lipinski definition) is 3. The summed E-state index contributed by atoms with van der Waals surface area (Å²) >= 11 is 0. The minimum atomic E-state index is -1.30. The number of carboxylic acid groups (broad SMARTS) is 1. The summed E-state index contributed by atoms with van der Waals surface area (Å²) in [7, 11) is 0. The van der Waals surface area contributed by atoms with Crippen LogP contribution in [0.4, 0.5) is 0 Å². The van der Waals surface area contributed by atoms with Gasteiger partial charge < -0.3 is 15.2 Å². The summed E-state index contributed by atoms with van der Waals surface area (Å²) in [5.41, 5.74) is 2.32. The number of carboxylic acids is 1. The highest BCUT2D eigenvalue weighted by molar-refractivity contribution is 6.04. The van der Waals surface area contributed by atoms with Crippen LogP contribution in [0, 0.1) is 0 Å². The Kier molecular flexibility index (Phi) is 9.78. The summed E-state index contributed by atoms with van der Waals surface area (Å²) in [5.74, 6) is -1.68. The first-order chi connectivity index (χ1) is 14.5. The monoisotopic (exact) mass is 412 g/mol. The fourth-order valence-corrected chi connectivity index (χ4v) is 3.38. The number of para-hydroxylation sites is 1. The van der Waals surface area contributed by atoms with Gasteiger partial charge >= 0.3 is 5.97 Å². The molecule has 0 spiro atoms. The molecular weight excluding hydrogens is 380 g/mol. The number of likely N-dealkylation sites (tertiary alicyclic amines) is 1. The molecule has 1 aromatic heterocycles. The van der Waals surface area contributed by atoms with Gasteiger partial charge in [-0.3, -0.25) is 9.69 Å². The van der Waals surface area contributed by atoms with E-state index in [4.69, 9.17) is 0 Å². The van der Waals surface area contributed by atoms with Crippen molar-refractivity contribution in [2.24, 2.45) is 0 Å².